The van der Waals surface area contributed by atoms with E-state index in [9.17, 15) is 0 Å². The Balaban J connectivity index is 0.000000161. The third-order valence-corrected chi connectivity index (χ3v) is 4.03. The van der Waals surface area contributed by atoms with E-state index in [1.165, 1.54) is 24.9 Å². The summed E-state index contributed by atoms with van der Waals surface area (Å²) in [5, 5.41) is 26.2. The molecule has 3 N–H and O–H groups in total. The molecule has 6 heteroatoms. The van der Waals surface area contributed by atoms with Gasteiger partial charge in [-0.3, -0.25) is 9.88 Å². The van der Waals surface area contributed by atoms with Crippen LogP contribution in [0.4, 0.5) is 0 Å². The predicted octanol–water partition coefficient (Wildman–Crippen LogP) is -0.0524. The number of hydrogen-bond donors (Lipinski definition) is 3. The van der Waals surface area contributed by atoms with E-state index in [0.717, 1.165) is 0 Å². The number of ether oxygens (including phenoxy) is 1. The van der Waals surface area contributed by atoms with Crippen molar-refractivity contribution in [3.05, 3.63) is 30.1 Å². The topological polar surface area (TPSA) is 86.1 Å². The van der Waals surface area contributed by atoms with E-state index in [4.69, 9.17) is 20.1 Å². The molecule has 0 spiro atoms. The van der Waals surface area contributed by atoms with Gasteiger partial charge >= 0.3 is 0 Å². The molecule has 0 saturated carbocycles. The lowest BCUT2D eigenvalue weighted by atomic mass is 10.1. The van der Waals surface area contributed by atoms with Crippen LogP contribution in [0.15, 0.2) is 24.5 Å². The van der Waals surface area contributed by atoms with Crippen LogP contribution in [0.2, 0.25) is 0 Å². The van der Waals surface area contributed by atoms with Gasteiger partial charge in [0.1, 0.15) is 18.3 Å². The van der Waals surface area contributed by atoms with E-state index in [1.807, 2.05) is 18.5 Å². The molecule has 0 bridgehead atoms. The molecule has 2 saturated heterocycles. The molecule has 2 aliphatic heterocycles. The van der Waals surface area contributed by atoms with Gasteiger partial charge in [-0.05, 0) is 38.1 Å². The van der Waals surface area contributed by atoms with Crippen molar-refractivity contribution < 1.29 is 20.1 Å². The number of hydrogen-bond acceptors (Lipinski definition) is 6. The molecule has 2 aliphatic rings. The third kappa shape index (κ3) is 4.21. The Morgan fingerprint density at radius 1 is 1.43 bits per heavy atom. The molecular weight excluding hydrogens is 272 g/mol. The summed E-state index contributed by atoms with van der Waals surface area (Å²) in [5.74, 6) is 0. The number of aliphatic hydroxyl groups is 3. The van der Waals surface area contributed by atoms with E-state index < -0.39 is 18.3 Å². The van der Waals surface area contributed by atoms with Crippen molar-refractivity contribution in [2.45, 2.75) is 37.2 Å². The second-order valence-electron chi connectivity index (χ2n) is 5.54. The Kier molecular flexibility index (Phi) is 6.08. The standard InChI is InChI=1S/C10H14N2.C5H10O4/c1-12-7-3-5-10(12)9-4-2-6-11-8-9;6-1-4-5(8)3(7)2-9-4/h2,4,6,8,10H,3,5,7H2,1H3;3-8H,1-2H2/t;3-,4+,5-/m.0/s1. The van der Waals surface area contributed by atoms with Crippen LogP contribution in [0.3, 0.4) is 0 Å². The molecule has 1 aromatic heterocycles. The Labute approximate surface area is 125 Å². The first-order chi connectivity index (χ1) is 10.1. The van der Waals surface area contributed by atoms with Crippen molar-refractivity contribution in [2.75, 3.05) is 26.8 Å². The van der Waals surface area contributed by atoms with E-state index in [-0.39, 0.29) is 13.2 Å². The largest absolute Gasteiger partial charge is 0.394 e. The zero-order valence-corrected chi connectivity index (χ0v) is 12.3. The summed E-state index contributed by atoms with van der Waals surface area (Å²) < 4.78 is 4.78. The number of rotatable bonds is 2. The van der Waals surface area contributed by atoms with E-state index >= 15 is 0 Å². The molecule has 21 heavy (non-hydrogen) atoms. The summed E-state index contributed by atoms with van der Waals surface area (Å²) >= 11 is 0. The highest BCUT2D eigenvalue weighted by molar-refractivity contribution is 5.14. The minimum atomic E-state index is -0.921. The normalized spacial score (nSPS) is 32.8. The fraction of sp³-hybridized carbons (Fsp3) is 0.667. The first kappa shape index (κ1) is 16.3. The highest BCUT2D eigenvalue weighted by Gasteiger charge is 2.33. The molecule has 3 rings (SSSR count). The van der Waals surface area contributed by atoms with Crippen LogP contribution in [-0.4, -0.2) is 70.3 Å². The Bertz CT molecular complexity index is 417. The Morgan fingerprint density at radius 3 is 2.67 bits per heavy atom. The average Bonchev–Trinajstić information content (AvgIpc) is 3.08. The molecule has 0 amide bonds. The summed E-state index contributed by atoms with van der Waals surface area (Å²) in [5.41, 5.74) is 1.36. The molecule has 1 unspecified atom stereocenters. The molecule has 0 aromatic carbocycles. The van der Waals surface area contributed by atoms with E-state index in [1.54, 1.807) is 0 Å². The van der Waals surface area contributed by atoms with Gasteiger partial charge < -0.3 is 20.1 Å². The van der Waals surface area contributed by atoms with E-state index in [2.05, 4.69) is 23.0 Å². The van der Waals surface area contributed by atoms with Gasteiger partial charge in [0, 0.05) is 18.4 Å². The molecular formula is C15H24N2O4. The minimum absolute atomic E-state index is 0.117. The number of aliphatic hydroxyl groups excluding tert-OH is 3. The maximum absolute atomic E-state index is 8.92. The Morgan fingerprint density at radius 2 is 2.24 bits per heavy atom. The first-order valence-corrected chi connectivity index (χ1v) is 7.32. The molecule has 0 radical (unpaired) electrons. The van der Waals surface area contributed by atoms with Gasteiger partial charge in [0.05, 0.1) is 13.2 Å². The van der Waals surface area contributed by atoms with Gasteiger partial charge in [-0.2, -0.15) is 0 Å². The summed E-state index contributed by atoms with van der Waals surface area (Å²) in [6.07, 6.45) is 4.06. The predicted molar refractivity (Wildman–Crippen MR) is 77.7 cm³/mol. The maximum atomic E-state index is 8.92. The van der Waals surface area contributed by atoms with Crippen LogP contribution >= 0.6 is 0 Å². The monoisotopic (exact) mass is 296 g/mol. The van der Waals surface area contributed by atoms with Gasteiger partial charge in [-0.1, -0.05) is 6.07 Å². The van der Waals surface area contributed by atoms with Crippen LogP contribution in [0.1, 0.15) is 24.4 Å². The van der Waals surface area contributed by atoms with Crippen LogP contribution < -0.4 is 0 Å². The fourth-order valence-corrected chi connectivity index (χ4v) is 2.73. The van der Waals surface area contributed by atoms with E-state index in [0.29, 0.717) is 6.04 Å². The zero-order valence-electron chi connectivity index (χ0n) is 12.3. The minimum Gasteiger partial charge on any atom is -0.394 e. The zero-order chi connectivity index (χ0) is 15.2. The van der Waals surface area contributed by atoms with Gasteiger partial charge in [0.2, 0.25) is 0 Å². The Hall–Kier alpha value is -1.05. The number of likely N-dealkylation sites (tertiary alicyclic amines) is 1. The quantitative estimate of drug-likeness (QED) is 0.709. The lowest BCUT2D eigenvalue weighted by Crippen LogP contribution is -2.31. The highest BCUT2D eigenvalue weighted by Crippen LogP contribution is 2.29. The molecule has 0 aliphatic carbocycles. The highest BCUT2D eigenvalue weighted by atomic mass is 16.5. The second-order valence-corrected chi connectivity index (χ2v) is 5.54. The van der Waals surface area contributed by atoms with Crippen LogP contribution in [0, 0.1) is 0 Å². The molecule has 2 fully saturated rings. The van der Waals surface area contributed by atoms with Crippen LogP contribution in [0.5, 0.6) is 0 Å². The fourth-order valence-electron chi connectivity index (χ4n) is 2.73. The number of aromatic nitrogens is 1. The van der Waals surface area contributed by atoms with Crippen molar-refractivity contribution in [3.8, 4) is 0 Å². The van der Waals surface area contributed by atoms with Crippen LogP contribution in [0.25, 0.3) is 0 Å². The maximum Gasteiger partial charge on any atom is 0.110 e. The smallest absolute Gasteiger partial charge is 0.110 e. The SMILES string of the molecule is CN1CCCC1c1cccnc1.OC[C@H]1OC[C@H](O)[C@@H]1O. The first-order valence-electron chi connectivity index (χ1n) is 7.32. The number of nitrogens with zero attached hydrogens (tertiary/aromatic N) is 2. The molecule has 3 heterocycles. The average molecular weight is 296 g/mol. The van der Waals surface area contributed by atoms with Gasteiger partial charge in [-0.15, -0.1) is 0 Å². The molecule has 1 aromatic rings. The summed E-state index contributed by atoms with van der Waals surface area (Å²) in [7, 11) is 2.19. The van der Waals surface area contributed by atoms with Gasteiger partial charge in [-0.25, -0.2) is 0 Å². The lowest BCUT2D eigenvalue weighted by Gasteiger charge is -2.18. The van der Waals surface area contributed by atoms with Crippen molar-refractivity contribution >= 4 is 0 Å². The van der Waals surface area contributed by atoms with Gasteiger partial charge in [0.25, 0.3) is 0 Å². The van der Waals surface area contributed by atoms with Gasteiger partial charge in [0.15, 0.2) is 0 Å². The van der Waals surface area contributed by atoms with Crippen molar-refractivity contribution in [1.29, 1.82) is 0 Å². The van der Waals surface area contributed by atoms with Crippen molar-refractivity contribution in [1.82, 2.24) is 9.88 Å². The second kappa shape index (κ2) is 7.82. The van der Waals surface area contributed by atoms with Crippen LogP contribution in [-0.2, 0) is 4.74 Å². The summed E-state index contributed by atoms with van der Waals surface area (Å²) in [6, 6.07) is 4.79. The lowest BCUT2D eigenvalue weighted by molar-refractivity contribution is -0.00588. The number of pyridine rings is 1. The third-order valence-electron chi connectivity index (χ3n) is 4.03. The van der Waals surface area contributed by atoms with Crippen molar-refractivity contribution in [2.24, 2.45) is 0 Å². The van der Waals surface area contributed by atoms with Crippen molar-refractivity contribution in [3.63, 3.8) is 0 Å². The summed E-state index contributed by atoms with van der Waals surface area (Å²) in [6.45, 7) is 1.10. The molecule has 6 nitrogen and oxygen atoms in total. The molecule has 118 valence electrons. The summed E-state index contributed by atoms with van der Waals surface area (Å²) in [4.78, 5) is 6.54. The molecule has 4 atom stereocenters.